The molecule has 16 heavy (non-hydrogen) atoms. The first-order valence-corrected chi connectivity index (χ1v) is 6.30. The summed E-state index contributed by atoms with van der Waals surface area (Å²) in [5.41, 5.74) is 1.11. The van der Waals surface area contributed by atoms with Gasteiger partial charge >= 0.3 is 0 Å². The number of hydrogen-bond acceptors (Lipinski definition) is 1. The quantitative estimate of drug-likeness (QED) is 0.733. The lowest BCUT2D eigenvalue weighted by Gasteiger charge is -2.19. The number of benzene rings is 1. The highest BCUT2D eigenvalue weighted by Gasteiger charge is 2.51. The molecule has 0 saturated heterocycles. The van der Waals surface area contributed by atoms with Crippen molar-refractivity contribution in [2.24, 2.45) is 5.92 Å². The maximum absolute atomic E-state index is 12.4. The van der Waals surface area contributed by atoms with Gasteiger partial charge < -0.3 is 0 Å². The third-order valence-corrected chi connectivity index (χ3v) is 3.72. The summed E-state index contributed by atoms with van der Waals surface area (Å²) in [6.45, 7) is 4.22. The summed E-state index contributed by atoms with van der Waals surface area (Å²) in [4.78, 5) is 12.4. The van der Waals surface area contributed by atoms with E-state index in [1.807, 2.05) is 18.2 Å². The van der Waals surface area contributed by atoms with Crippen molar-refractivity contribution in [1.82, 2.24) is 0 Å². The molecule has 0 heterocycles. The van der Waals surface area contributed by atoms with Crippen LogP contribution < -0.4 is 0 Å². The maximum Gasteiger partial charge on any atom is 0.146 e. The highest BCUT2D eigenvalue weighted by atomic mass is 16.1. The minimum atomic E-state index is -0.115. The Kier molecular flexibility index (Phi) is 3.13. The molecule has 0 amide bonds. The van der Waals surface area contributed by atoms with Gasteiger partial charge in [-0.05, 0) is 24.8 Å². The van der Waals surface area contributed by atoms with Crippen molar-refractivity contribution in [3.8, 4) is 0 Å². The predicted molar refractivity (Wildman–Crippen MR) is 66.4 cm³/mol. The molecule has 1 saturated carbocycles. The normalized spacial score (nSPS) is 19.1. The summed E-state index contributed by atoms with van der Waals surface area (Å²) in [5.74, 6) is 0.674. The van der Waals surface area contributed by atoms with Crippen molar-refractivity contribution in [2.45, 2.75) is 44.9 Å². The molecular weight excluding hydrogens is 196 g/mol. The maximum atomic E-state index is 12.4. The molecule has 1 unspecified atom stereocenters. The Bertz CT molecular complexity index is 362. The predicted octanol–water partition coefficient (Wildman–Crippen LogP) is 3.72. The summed E-state index contributed by atoms with van der Waals surface area (Å²) in [7, 11) is 0. The SMILES string of the molecule is CCCC(C)C(=O)C1(c2ccccc2)CC1. The van der Waals surface area contributed by atoms with Crippen LogP contribution in [-0.2, 0) is 10.2 Å². The standard InChI is InChI=1S/C15H20O/c1-3-7-12(2)14(16)15(10-11-15)13-8-5-4-6-9-13/h4-6,8-9,12H,3,7,10-11H2,1-2H3. The molecule has 86 valence electrons. The fraction of sp³-hybridized carbons (Fsp3) is 0.533. The molecule has 0 aliphatic heterocycles. The summed E-state index contributed by atoms with van der Waals surface area (Å²) >= 11 is 0. The molecule has 1 aromatic carbocycles. The van der Waals surface area contributed by atoms with Crippen LogP contribution in [0.5, 0.6) is 0 Å². The number of carbonyl (C=O) groups excluding carboxylic acids is 1. The lowest BCUT2D eigenvalue weighted by molar-refractivity contribution is -0.125. The summed E-state index contributed by atoms with van der Waals surface area (Å²) in [6, 6.07) is 10.3. The molecule has 0 N–H and O–H groups in total. The Morgan fingerprint density at radius 1 is 1.31 bits per heavy atom. The lowest BCUT2D eigenvalue weighted by Crippen LogP contribution is -2.26. The molecule has 1 aromatic rings. The van der Waals surface area contributed by atoms with Crippen LogP contribution in [0.1, 0.15) is 45.1 Å². The zero-order valence-corrected chi connectivity index (χ0v) is 10.2. The van der Waals surface area contributed by atoms with Crippen LogP contribution in [0.25, 0.3) is 0 Å². The Balaban J connectivity index is 2.17. The minimum absolute atomic E-state index is 0.115. The molecule has 0 radical (unpaired) electrons. The highest BCUT2D eigenvalue weighted by molar-refractivity contribution is 5.94. The number of Topliss-reactive ketones (excluding diaryl/α,β-unsaturated/α-hetero) is 1. The molecule has 1 fully saturated rings. The first-order valence-electron chi connectivity index (χ1n) is 6.30. The van der Waals surface area contributed by atoms with E-state index in [0.29, 0.717) is 5.78 Å². The van der Waals surface area contributed by atoms with E-state index in [0.717, 1.165) is 25.7 Å². The zero-order chi connectivity index (χ0) is 11.6. The molecule has 1 heteroatoms. The number of rotatable bonds is 5. The van der Waals surface area contributed by atoms with Gasteiger partial charge in [-0.2, -0.15) is 0 Å². The van der Waals surface area contributed by atoms with E-state index < -0.39 is 0 Å². The van der Waals surface area contributed by atoms with Crippen LogP contribution >= 0.6 is 0 Å². The van der Waals surface area contributed by atoms with Crippen LogP contribution in [-0.4, -0.2) is 5.78 Å². The third kappa shape index (κ3) is 1.91. The smallest absolute Gasteiger partial charge is 0.146 e. The largest absolute Gasteiger partial charge is 0.298 e. The van der Waals surface area contributed by atoms with Crippen LogP contribution in [0.15, 0.2) is 30.3 Å². The van der Waals surface area contributed by atoms with Crippen LogP contribution in [0.3, 0.4) is 0 Å². The van der Waals surface area contributed by atoms with E-state index in [4.69, 9.17) is 0 Å². The first-order chi connectivity index (χ1) is 7.70. The monoisotopic (exact) mass is 216 g/mol. The van der Waals surface area contributed by atoms with Gasteiger partial charge in [-0.1, -0.05) is 50.6 Å². The van der Waals surface area contributed by atoms with Gasteiger partial charge in [-0.15, -0.1) is 0 Å². The Morgan fingerprint density at radius 2 is 1.94 bits per heavy atom. The fourth-order valence-electron chi connectivity index (χ4n) is 2.60. The second-order valence-corrected chi connectivity index (χ2v) is 5.00. The molecule has 0 spiro atoms. The Morgan fingerprint density at radius 3 is 2.44 bits per heavy atom. The summed E-state index contributed by atoms with van der Waals surface area (Å²) in [6.07, 6.45) is 4.21. The molecular formula is C15H20O. The van der Waals surface area contributed by atoms with Gasteiger partial charge in [-0.25, -0.2) is 0 Å². The van der Waals surface area contributed by atoms with E-state index in [2.05, 4.69) is 26.0 Å². The van der Waals surface area contributed by atoms with Crippen molar-refractivity contribution in [3.63, 3.8) is 0 Å². The Hall–Kier alpha value is -1.11. The molecule has 1 nitrogen and oxygen atoms in total. The number of ketones is 1. The van der Waals surface area contributed by atoms with Crippen LogP contribution in [0, 0.1) is 5.92 Å². The van der Waals surface area contributed by atoms with Gasteiger partial charge in [0.2, 0.25) is 0 Å². The van der Waals surface area contributed by atoms with Crippen molar-refractivity contribution in [3.05, 3.63) is 35.9 Å². The highest BCUT2D eigenvalue weighted by Crippen LogP contribution is 2.50. The van der Waals surface area contributed by atoms with E-state index in [1.54, 1.807) is 0 Å². The van der Waals surface area contributed by atoms with Gasteiger partial charge in [-0.3, -0.25) is 4.79 Å². The lowest BCUT2D eigenvalue weighted by atomic mass is 9.83. The molecule has 1 atom stereocenters. The first kappa shape index (κ1) is 11.4. The van der Waals surface area contributed by atoms with Gasteiger partial charge in [0, 0.05) is 5.92 Å². The van der Waals surface area contributed by atoms with Gasteiger partial charge in [0.15, 0.2) is 0 Å². The third-order valence-electron chi connectivity index (χ3n) is 3.72. The van der Waals surface area contributed by atoms with E-state index in [1.165, 1.54) is 5.56 Å². The minimum Gasteiger partial charge on any atom is -0.298 e. The second-order valence-electron chi connectivity index (χ2n) is 5.00. The van der Waals surface area contributed by atoms with Crippen LogP contribution in [0.4, 0.5) is 0 Å². The zero-order valence-electron chi connectivity index (χ0n) is 10.2. The van der Waals surface area contributed by atoms with Crippen molar-refractivity contribution >= 4 is 5.78 Å². The Labute approximate surface area is 97.9 Å². The number of hydrogen-bond donors (Lipinski definition) is 0. The second kappa shape index (κ2) is 4.40. The average Bonchev–Trinajstić information content (AvgIpc) is 3.11. The van der Waals surface area contributed by atoms with Gasteiger partial charge in [0.1, 0.15) is 5.78 Å². The van der Waals surface area contributed by atoms with Crippen LogP contribution in [0.2, 0.25) is 0 Å². The topological polar surface area (TPSA) is 17.1 Å². The van der Waals surface area contributed by atoms with E-state index >= 15 is 0 Å². The molecule has 0 bridgehead atoms. The molecule has 1 aliphatic carbocycles. The molecule has 1 aliphatic rings. The van der Waals surface area contributed by atoms with Crippen molar-refractivity contribution in [1.29, 1.82) is 0 Å². The molecule has 2 rings (SSSR count). The number of carbonyl (C=O) groups is 1. The van der Waals surface area contributed by atoms with Crippen molar-refractivity contribution < 1.29 is 4.79 Å². The van der Waals surface area contributed by atoms with Gasteiger partial charge in [0.25, 0.3) is 0 Å². The van der Waals surface area contributed by atoms with E-state index in [9.17, 15) is 4.79 Å². The summed E-state index contributed by atoms with van der Waals surface area (Å²) < 4.78 is 0. The average molecular weight is 216 g/mol. The molecule has 0 aromatic heterocycles. The van der Waals surface area contributed by atoms with Crippen molar-refractivity contribution in [2.75, 3.05) is 0 Å². The van der Waals surface area contributed by atoms with E-state index in [-0.39, 0.29) is 11.3 Å². The van der Waals surface area contributed by atoms with Gasteiger partial charge in [0.05, 0.1) is 5.41 Å². The summed E-state index contributed by atoms with van der Waals surface area (Å²) in [5, 5.41) is 0. The fourth-order valence-corrected chi connectivity index (χ4v) is 2.60.